The number of hydrogen-bond acceptors (Lipinski definition) is 4. The van der Waals surface area contributed by atoms with Gasteiger partial charge in [-0.3, -0.25) is 0 Å². The number of anilines is 1. The van der Waals surface area contributed by atoms with E-state index in [0.717, 1.165) is 49.1 Å². The Morgan fingerprint density at radius 3 is 2.22 bits per heavy atom. The van der Waals surface area contributed by atoms with Crippen LogP contribution in [-0.4, -0.2) is 31.5 Å². The predicted octanol–water partition coefficient (Wildman–Crippen LogP) is 6.53. The highest BCUT2D eigenvalue weighted by Crippen LogP contribution is 2.41. The summed E-state index contributed by atoms with van der Waals surface area (Å²) in [6.45, 7) is 0.402. The van der Waals surface area contributed by atoms with E-state index in [-0.39, 0.29) is 24.1 Å². The molecule has 0 radical (unpaired) electrons. The zero-order valence-corrected chi connectivity index (χ0v) is 20.5. The fraction of sp³-hybridized carbons (Fsp3) is 0.480. The van der Waals surface area contributed by atoms with Crippen molar-refractivity contribution in [2.75, 3.05) is 26.0 Å². The molecule has 2 aromatic carbocycles. The van der Waals surface area contributed by atoms with Gasteiger partial charge in [-0.15, -0.1) is 10.2 Å². The minimum Gasteiger partial charge on any atom is -0.385 e. The van der Waals surface area contributed by atoms with Gasteiger partial charge in [-0.1, -0.05) is 6.07 Å². The molecular formula is C25H28F6N6. The van der Waals surface area contributed by atoms with Crippen molar-refractivity contribution in [1.82, 2.24) is 10.3 Å². The molecule has 1 atom stereocenters. The molecule has 200 valence electrons. The zero-order valence-electron chi connectivity index (χ0n) is 20.5. The van der Waals surface area contributed by atoms with Gasteiger partial charge in [0.15, 0.2) is 0 Å². The van der Waals surface area contributed by atoms with Crippen LogP contribution in [0.25, 0.3) is 0 Å². The number of fused-ring (bicyclic) bond motifs is 2. The third-order valence-electron chi connectivity index (χ3n) is 6.63. The standard InChI is InChI=1S/C25H28F6N6/c1-32-35-23(36-33-2)37(14-15-9-18(24(26,27)28)13-19(10-15)25(29,30)31)22-7-4-8-34-21-12-17-6-3-5-16(17)11-20(21)22/h9-13,22,32,34H,3-8,14H2,1-2H3/b35-23+,36-33?/t22-/m0/s1. The van der Waals surface area contributed by atoms with Gasteiger partial charge < -0.3 is 15.6 Å². The number of azo groups is 1. The second-order valence-electron chi connectivity index (χ2n) is 9.12. The lowest BCUT2D eigenvalue weighted by Gasteiger charge is -2.33. The van der Waals surface area contributed by atoms with Crippen molar-refractivity contribution in [2.24, 2.45) is 15.3 Å². The summed E-state index contributed by atoms with van der Waals surface area (Å²) in [5.41, 5.74) is 4.03. The average molecular weight is 527 g/mol. The molecule has 0 unspecified atom stereocenters. The summed E-state index contributed by atoms with van der Waals surface area (Å²) in [6, 6.07) is 5.44. The largest absolute Gasteiger partial charge is 0.416 e. The molecule has 6 nitrogen and oxygen atoms in total. The first-order chi connectivity index (χ1) is 17.5. The summed E-state index contributed by atoms with van der Waals surface area (Å²) in [5, 5.41) is 15.5. The van der Waals surface area contributed by atoms with Gasteiger partial charge >= 0.3 is 12.4 Å². The fourth-order valence-electron chi connectivity index (χ4n) is 5.03. The highest BCUT2D eigenvalue weighted by Gasteiger charge is 2.38. The molecule has 0 fully saturated rings. The average Bonchev–Trinajstić information content (AvgIpc) is 3.19. The third-order valence-corrected chi connectivity index (χ3v) is 6.63. The fourth-order valence-corrected chi connectivity index (χ4v) is 5.03. The first-order valence-corrected chi connectivity index (χ1v) is 12.0. The molecule has 0 saturated heterocycles. The van der Waals surface area contributed by atoms with Crippen molar-refractivity contribution in [1.29, 1.82) is 0 Å². The Balaban J connectivity index is 1.85. The van der Waals surface area contributed by atoms with Crippen LogP contribution in [0, 0.1) is 0 Å². The maximum Gasteiger partial charge on any atom is 0.416 e. The highest BCUT2D eigenvalue weighted by atomic mass is 19.4. The Morgan fingerprint density at radius 2 is 1.62 bits per heavy atom. The number of benzene rings is 2. The van der Waals surface area contributed by atoms with Crippen LogP contribution in [0.5, 0.6) is 0 Å². The molecular weight excluding hydrogens is 498 g/mol. The van der Waals surface area contributed by atoms with Gasteiger partial charge in [0.2, 0.25) is 0 Å². The van der Waals surface area contributed by atoms with Crippen molar-refractivity contribution in [2.45, 2.75) is 57.0 Å². The van der Waals surface area contributed by atoms with Crippen LogP contribution < -0.4 is 10.7 Å². The van der Waals surface area contributed by atoms with E-state index < -0.39 is 29.5 Å². The molecule has 1 heterocycles. The number of halogens is 6. The van der Waals surface area contributed by atoms with Gasteiger partial charge in [0.05, 0.1) is 17.2 Å². The van der Waals surface area contributed by atoms with Gasteiger partial charge in [0.25, 0.3) is 5.96 Å². The van der Waals surface area contributed by atoms with E-state index in [0.29, 0.717) is 13.0 Å². The smallest absolute Gasteiger partial charge is 0.385 e. The summed E-state index contributed by atoms with van der Waals surface area (Å²) in [7, 11) is 2.95. The number of guanidine groups is 1. The molecule has 0 aromatic heterocycles. The van der Waals surface area contributed by atoms with Crippen molar-refractivity contribution in [3.63, 3.8) is 0 Å². The minimum absolute atomic E-state index is 0.0642. The SMILES string of the molecule is CN=N/C(=N\NC)N(Cc1cc(C(F)(F)F)cc(C(F)(F)F)c1)[C@H]1CCCNc2cc3c(cc21)CCC3. The van der Waals surface area contributed by atoms with Crippen molar-refractivity contribution >= 4 is 11.6 Å². The number of nitrogens with one attached hydrogen (secondary N) is 2. The third kappa shape index (κ3) is 5.99. The van der Waals surface area contributed by atoms with Crippen LogP contribution in [0.4, 0.5) is 32.0 Å². The van der Waals surface area contributed by atoms with E-state index >= 15 is 0 Å². The number of hydrazone groups is 1. The van der Waals surface area contributed by atoms with Crippen molar-refractivity contribution in [3.8, 4) is 0 Å². The number of rotatable bonds is 4. The maximum atomic E-state index is 13.5. The monoisotopic (exact) mass is 526 g/mol. The summed E-state index contributed by atoms with van der Waals surface area (Å²) < 4.78 is 81.3. The van der Waals surface area contributed by atoms with E-state index in [1.165, 1.54) is 25.2 Å². The number of aryl methyl sites for hydroxylation is 2. The Morgan fingerprint density at radius 1 is 0.973 bits per heavy atom. The molecule has 1 aliphatic carbocycles. The predicted molar refractivity (Wildman–Crippen MR) is 128 cm³/mol. The highest BCUT2D eigenvalue weighted by molar-refractivity contribution is 5.81. The van der Waals surface area contributed by atoms with E-state index in [1.54, 1.807) is 4.90 Å². The lowest BCUT2D eigenvalue weighted by molar-refractivity contribution is -0.143. The Kier molecular flexibility index (Phi) is 7.65. The van der Waals surface area contributed by atoms with E-state index in [9.17, 15) is 26.3 Å². The van der Waals surface area contributed by atoms with Crippen LogP contribution in [0.15, 0.2) is 45.7 Å². The normalized spacial score (nSPS) is 18.3. The molecule has 2 aromatic rings. The maximum absolute atomic E-state index is 13.5. The molecule has 0 bridgehead atoms. The van der Waals surface area contributed by atoms with Crippen molar-refractivity contribution in [3.05, 3.63) is 63.7 Å². The van der Waals surface area contributed by atoms with Crippen molar-refractivity contribution < 1.29 is 26.3 Å². The second kappa shape index (κ2) is 10.6. The summed E-state index contributed by atoms with van der Waals surface area (Å²) in [6.07, 6.45) is -5.63. The first kappa shape index (κ1) is 26.7. The second-order valence-corrected chi connectivity index (χ2v) is 9.12. The Hall–Kier alpha value is -3.31. The summed E-state index contributed by atoms with van der Waals surface area (Å²) in [5.74, 6) is 0.0642. The molecule has 0 saturated carbocycles. The van der Waals surface area contributed by atoms with Crippen LogP contribution in [-0.2, 0) is 31.7 Å². The summed E-state index contributed by atoms with van der Waals surface area (Å²) >= 11 is 0. The van der Waals surface area contributed by atoms with Gasteiger partial charge in [-0.25, -0.2) is 0 Å². The van der Waals surface area contributed by atoms with Crippen LogP contribution in [0.2, 0.25) is 0 Å². The Labute approximate surface area is 210 Å². The molecule has 0 amide bonds. The Bertz CT molecular complexity index is 1160. The van der Waals surface area contributed by atoms with Gasteiger partial charge in [-0.05, 0) is 78.6 Å². The number of nitrogens with zero attached hydrogens (tertiary/aromatic N) is 4. The molecule has 4 rings (SSSR count). The molecule has 2 N–H and O–H groups in total. The minimum atomic E-state index is -4.94. The first-order valence-electron chi connectivity index (χ1n) is 12.0. The van der Waals surface area contributed by atoms with Crippen LogP contribution in [0.3, 0.4) is 0 Å². The van der Waals surface area contributed by atoms with E-state index in [4.69, 9.17) is 0 Å². The molecule has 1 aliphatic heterocycles. The topological polar surface area (TPSA) is 64.4 Å². The quantitative estimate of drug-likeness (QED) is 0.156. The van der Waals surface area contributed by atoms with Crippen LogP contribution >= 0.6 is 0 Å². The molecule has 12 heteroatoms. The molecule has 0 spiro atoms. The van der Waals surface area contributed by atoms with Gasteiger partial charge in [0, 0.05) is 32.9 Å². The zero-order chi connectivity index (χ0) is 26.8. The number of hydrogen-bond donors (Lipinski definition) is 2. The van der Waals surface area contributed by atoms with E-state index in [1.807, 2.05) is 0 Å². The summed E-state index contributed by atoms with van der Waals surface area (Å²) in [4.78, 5) is 1.63. The molecule has 37 heavy (non-hydrogen) atoms. The number of alkyl halides is 6. The molecule has 2 aliphatic rings. The lowest BCUT2D eigenvalue weighted by atomic mass is 9.95. The lowest BCUT2D eigenvalue weighted by Crippen LogP contribution is -2.35. The van der Waals surface area contributed by atoms with Crippen LogP contribution in [0.1, 0.15) is 58.7 Å². The van der Waals surface area contributed by atoms with Gasteiger partial charge in [0.1, 0.15) is 0 Å². The van der Waals surface area contributed by atoms with E-state index in [2.05, 4.69) is 38.2 Å². The van der Waals surface area contributed by atoms with Gasteiger partial charge in [-0.2, -0.15) is 31.5 Å².